The van der Waals surface area contributed by atoms with Gasteiger partial charge in [0.05, 0.1) is 12.2 Å². The van der Waals surface area contributed by atoms with Crippen molar-refractivity contribution >= 4 is 5.91 Å². The van der Waals surface area contributed by atoms with Crippen molar-refractivity contribution in [3.63, 3.8) is 0 Å². The SMILES string of the molecule is C=C1NC(=C)C(O)(O)C(O)(O)C1N1Cc2c(OCc3ccccc3F)cccc2C1=O. The number of carbonyl (C=O) groups excluding carboxylic acids is 1. The maximum absolute atomic E-state index is 13.9. The van der Waals surface area contributed by atoms with E-state index in [1.54, 1.807) is 30.3 Å². The van der Waals surface area contributed by atoms with E-state index < -0.39 is 35.0 Å². The van der Waals surface area contributed by atoms with Crippen LogP contribution in [0.2, 0.25) is 0 Å². The van der Waals surface area contributed by atoms with Gasteiger partial charge in [0.15, 0.2) is 0 Å². The van der Waals surface area contributed by atoms with Crippen LogP contribution >= 0.6 is 0 Å². The molecule has 2 heterocycles. The van der Waals surface area contributed by atoms with Crippen molar-refractivity contribution in [2.45, 2.75) is 30.8 Å². The molecule has 1 amide bonds. The third-order valence-electron chi connectivity index (χ3n) is 5.56. The fourth-order valence-corrected chi connectivity index (χ4v) is 3.85. The van der Waals surface area contributed by atoms with Crippen molar-refractivity contribution in [2.75, 3.05) is 0 Å². The summed E-state index contributed by atoms with van der Waals surface area (Å²) in [6.07, 6.45) is 0. The summed E-state index contributed by atoms with van der Waals surface area (Å²) < 4.78 is 19.6. The third kappa shape index (κ3) is 3.19. The first-order valence-corrected chi connectivity index (χ1v) is 9.39. The molecule has 31 heavy (non-hydrogen) atoms. The van der Waals surface area contributed by atoms with Gasteiger partial charge >= 0.3 is 0 Å². The van der Waals surface area contributed by atoms with Gasteiger partial charge in [0.25, 0.3) is 17.5 Å². The number of amides is 1. The molecule has 1 atom stereocenters. The van der Waals surface area contributed by atoms with Gasteiger partial charge in [-0.1, -0.05) is 37.4 Å². The van der Waals surface area contributed by atoms with Gasteiger partial charge < -0.3 is 35.4 Å². The molecule has 2 aliphatic rings. The zero-order chi connectivity index (χ0) is 22.6. The molecule has 0 radical (unpaired) electrons. The highest BCUT2D eigenvalue weighted by molar-refractivity contribution is 5.99. The van der Waals surface area contributed by atoms with Gasteiger partial charge in [-0.3, -0.25) is 4.79 Å². The van der Waals surface area contributed by atoms with Gasteiger partial charge in [-0.15, -0.1) is 0 Å². The number of hydrogen-bond acceptors (Lipinski definition) is 7. The number of halogens is 1. The predicted molar refractivity (Wildman–Crippen MR) is 107 cm³/mol. The number of nitrogens with zero attached hydrogens (tertiary/aromatic N) is 1. The van der Waals surface area contributed by atoms with Crippen LogP contribution in [0.3, 0.4) is 0 Å². The summed E-state index contributed by atoms with van der Waals surface area (Å²) in [5, 5.41) is 43.9. The molecule has 0 saturated carbocycles. The highest BCUT2D eigenvalue weighted by atomic mass is 19.1. The molecule has 9 heteroatoms. The highest BCUT2D eigenvalue weighted by Crippen LogP contribution is 2.41. The fourth-order valence-electron chi connectivity index (χ4n) is 3.85. The van der Waals surface area contributed by atoms with Crippen LogP contribution in [0.5, 0.6) is 5.75 Å². The Labute approximate surface area is 177 Å². The Hall–Kier alpha value is -3.24. The number of nitrogens with one attached hydrogen (secondary N) is 1. The first-order chi connectivity index (χ1) is 14.6. The Balaban J connectivity index is 1.64. The molecule has 0 aliphatic carbocycles. The Morgan fingerprint density at radius 1 is 1.13 bits per heavy atom. The smallest absolute Gasteiger partial charge is 0.263 e. The van der Waals surface area contributed by atoms with Crippen LogP contribution in [0.25, 0.3) is 0 Å². The molecule has 5 N–H and O–H groups in total. The molecule has 162 valence electrons. The average Bonchev–Trinajstić information content (AvgIpc) is 3.03. The lowest BCUT2D eigenvalue weighted by atomic mass is 9.87. The summed E-state index contributed by atoms with van der Waals surface area (Å²) in [6, 6.07) is 9.26. The van der Waals surface area contributed by atoms with Gasteiger partial charge in [0.2, 0.25) is 0 Å². The molecule has 0 spiro atoms. The topological polar surface area (TPSA) is 122 Å². The molecular weight excluding hydrogens is 407 g/mol. The zero-order valence-electron chi connectivity index (χ0n) is 16.4. The van der Waals surface area contributed by atoms with Gasteiger partial charge in [0.1, 0.15) is 24.2 Å². The first-order valence-electron chi connectivity index (χ1n) is 9.39. The molecule has 0 bridgehead atoms. The van der Waals surface area contributed by atoms with Crippen LogP contribution in [-0.2, 0) is 13.2 Å². The van der Waals surface area contributed by atoms with Crippen molar-refractivity contribution in [3.8, 4) is 5.75 Å². The van der Waals surface area contributed by atoms with E-state index >= 15 is 0 Å². The van der Waals surface area contributed by atoms with Crippen molar-refractivity contribution < 1.29 is 34.3 Å². The molecule has 2 aromatic rings. The van der Waals surface area contributed by atoms with Crippen molar-refractivity contribution in [3.05, 3.63) is 89.5 Å². The van der Waals surface area contributed by atoms with E-state index in [4.69, 9.17) is 4.74 Å². The van der Waals surface area contributed by atoms with E-state index in [1.165, 1.54) is 12.1 Å². The van der Waals surface area contributed by atoms with E-state index in [0.717, 1.165) is 4.90 Å². The number of benzene rings is 2. The minimum Gasteiger partial charge on any atom is -0.488 e. The summed E-state index contributed by atoms with van der Waals surface area (Å²) in [7, 11) is 0. The largest absolute Gasteiger partial charge is 0.488 e. The molecule has 4 rings (SSSR count). The normalized spacial score (nSPS) is 21.6. The zero-order valence-corrected chi connectivity index (χ0v) is 16.4. The monoisotopic (exact) mass is 428 g/mol. The van der Waals surface area contributed by atoms with Crippen LogP contribution in [0.1, 0.15) is 21.5 Å². The average molecular weight is 428 g/mol. The lowest BCUT2D eigenvalue weighted by Crippen LogP contribution is -2.72. The molecular formula is C22H21FN2O6. The van der Waals surface area contributed by atoms with Crippen molar-refractivity contribution in [2.24, 2.45) is 0 Å². The predicted octanol–water partition coefficient (Wildman–Crippen LogP) is 0.721. The van der Waals surface area contributed by atoms with Crippen LogP contribution in [0, 0.1) is 5.82 Å². The highest BCUT2D eigenvalue weighted by Gasteiger charge is 2.62. The van der Waals surface area contributed by atoms with Gasteiger partial charge in [-0.2, -0.15) is 0 Å². The van der Waals surface area contributed by atoms with Crippen LogP contribution in [0.15, 0.2) is 67.0 Å². The van der Waals surface area contributed by atoms with Crippen LogP contribution < -0.4 is 10.1 Å². The third-order valence-corrected chi connectivity index (χ3v) is 5.56. The molecule has 8 nitrogen and oxygen atoms in total. The maximum Gasteiger partial charge on any atom is 0.263 e. The Morgan fingerprint density at radius 3 is 2.55 bits per heavy atom. The summed E-state index contributed by atoms with van der Waals surface area (Å²) in [6.45, 7) is 6.84. The summed E-state index contributed by atoms with van der Waals surface area (Å²) in [4.78, 5) is 14.1. The second kappa shape index (κ2) is 7.17. The second-order valence-corrected chi connectivity index (χ2v) is 7.53. The maximum atomic E-state index is 13.9. The second-order valence-electron chi connectivity index (χ2n) is 7.53. The van der Waals surface area contributed by atoms with Crippen LogP contribution in [-0.4, -0.2) is 48.8 Å². The first kappa shape index (κ1) is 21.0. The number of ether oxygens (including phenoxy) is 1. The van der Waals surface area contributed by atoms with Gasteiger partial charge in [0, 0.05) is 22.4 Å². The molecule has 0 aromatic heterocycles. The van der Waals surface area contributed by atoms with E-state index in [0.29, 0.717) is 16.9 Å². The molecule has 1 saturated heterocycles. The Kier molecular flexibility index (Phi) is 4.86. The summed E-state index contributed by atoms with van der Waals surface area (Å²) in [5.74, 6) is -7.02. The minimum atomic E-state index is -3.18. The molecule has 1 unspecified atom stereocenters. The minimum absolute atomic E-state index is 0.0521. The van der Waals surface area contributed by atoms with E-state index in [9.17, 15) is 29.6 Å². The van der Waals surface area contributed by atoms with Gasteiger partial charge in [-0.25, -0.2) is 4.39 Å². The molecule has 2 aromatic carbocycles. The fraction of sp³-hybridized carbons (Fsp3) is 0.227. The van der Waals surface area contributed by atoms with E-state index in [1.807, 2.05) is 0 Å². The number of rotatable bonds is 4. The molecule has 2 aliphatic heterocycles. The van der Waals surface area contributed by atoms with Crippen LogP contribution in [0.4, 0.5) is 4.39 Å². The van der Waals surface area contributed by atoms with Gasteiger partial charge in [-0.05, 0) is 18.2 Å². The molecule has 1 fully saturated rings. The van der Waals surface area contributed by atoms with Crippen molar-refractivity contribution in [1.29, 1.82) is 0 Å². The number of carbonyl (C=O) groups is 1. The number of piperidine rings is 1. The van der Waals surface area contributed by atoms with Crippen molar-refractivity contribution in [1.82, 2.24) is 10.2 Å². The lowest BCUT2D eigenvalue weighted by Gasteiger charge is -2.49. The number of aliphatic hydroxyl groups is 4. The van der Waals surface area contributed by atoms with E-state index in [2.05, 4.69) is 18.5 Å². The van der Waals surface area contributed by atoms with E-state index in [-0.39, 0.29) is 24.4 Å². The quantitative estimate of drug-likeness (QED) is 0.455. The number of hydrogen-bond donors (Lipinski definition) is 5. The summed E-state index contributed by atoms with van der Waals surface area (Å²) >= 11 is 0. The Morgan fingerprint density at radius 2 is 1.84 bits per heavy atom. The standard InChI is InChI=1S/C22H21FN2O6/c1-12-19(22(29,30)21(27,28)13(2)24-12)25-10-16-15(20(25)26)7-5-9-18(16)31-11-14-6-3-4-8-17(14)23/h3-9,19,24,27-30H,1-2,10-11H2. The summed E-state index contributed by atoms with van der Waals surface area (Å²) in [5.41, 5.74) is 0.471. The lowest BCUT2D eigenvalue weighted by molar-refractivity contribution is -0.360. The Bertz CT molecular complexity index is 1100. The number of fused-ring (bicyclic) bond motifs is 1.